The van der Waals surface area contributed by atoms with Gasteiger partial charge in [0.15, 0.2) is 0 Å². The molecule has 1 saturated carbocycles. The summed E-state index contributed by atoms with van der Waals surface area (Å²) >= 11 is 0. The van der Waals surface area contributed by atoms with E-state index < -0.39 is 5.60 Å². The third kappa shape index (κ3) is 1.97. The van der Waals surface area contributed by atoms with Gasteiger partial charge in [0.2, 0.25) is 0 Å². The third-order valence-corrected chi connectivity index (χ3v) is 2.72. The van der Waals surface area contributed by atoms with Crippen molar-refractivity contribution in [2.75, 3.05) is 0 Å². The van der Waals surface area contributed by atoms with E-state index in [2.05, 4.69) is 0 Å². The van der Waals surface area contributed by atoms with Gasteiger partial charge in [0, 0.05) is 5.92 Å². The molecule has 0 saturated heterocycles. The zero-order valence-corrected chi connectivity index (χ0v) is 9.46. The summed E-state index contributed by atoms with van der Waals surface area (Å²) < 4.78 is 5.23. The zero-order valence-electron chi connectivity index (χ0n) is 9.46. The Bertz CT molecular complexity index is 260. The molecule has 0 N–H and O–H groups in total. The van der Waals surface area contributed by atoms with Gasteiger partial charge in [-0.1, -0.05) is 13.8 Å². The molecule has 3 heteroatoms. The van der Waals surface area contributed by atoms with Gasteiger partial charge in [-0.3, -0.25) is 4.79 Å². The maximum atomic E-state index is 11.6. The number of aldehydes is 1. The second-order valence-electron chi connectivity index (χ2n) is 5.49. The van der Waals surface area contributed by atoms with Crippen LogP contribution in [0.1, 0.15) is 34.6 Å². The van der Waals surface area contributed by atoms with Gasteiger partial charge in [-0.2, -0.15) is 0 Å². The minimum Gasteiger partial charge on any atom is -0.460 e. The molecule has 0 aromatic heterocycles. The lowest BCUT2D eigenvalue weighted by Gasteiger charge is -2.19. The first-order valence-electron chi connectivity index (χ1n) is 4.88. The molecule has 1 aliphatic rings. The Morgan fingerprint density at radius 3 is 2.14 bits per heavy atom. The molecule has 0 bridgehead atoms. The number of esters is 1. The van der Waals surface area contributed by atoms with Crippen LogP contribution in [0.5, 0.6) is 0 Å². The van der Waals surface area contributed by atoms with Gasteiger partial charge < -0.3 is 9.53 Å². The maximum absolute atomic E-state index is 11.6. The molecule has 0 aromatic rings. The summed E-state index contributed by atoms with van der Waals surface area (Å²) in [6, 6.07) is 0. The van der Waals surface area contributed by atoms with Gasteiger partial charge in [0.25, 0.3) is 0 Å². The molecule has 0 spiro atoms. The van der Waals surface area contributed by atoms with E-state index >= 15 is 0 Å². The lowest BCUT2D eigenvalue weighted by molar-refractivity contribution is -0.157. The number of ether oxygens (including phenoxy) is 1. The highest BCUT2D eigenvalue weighted by atomic mass is 16.6. The van der Waals surface area contributed by atoms with Crippen LogP contribution in [0.15, 0.2) is 0 Å². The Labute approximate surface area is 84.8 Å². The molecule has 0 heterocycles. The highest BCUT2D eigenvalue weighted by molar-refractivity contribution is 5.84. The molecule has 80 valence electrons. The zero-order chi connectivity index (χ0) is 11.1. The fourth-order valence-electron chi connectivity index (χ4n) is 1.75. The van der Waals surface area contributed by atoms with Crippen molar-refractivity contribution in [2.24, 2.45) is 17.3 Å². The van der Waals surface area contributed by atoms with E-state index in [1.165, 1.54) is 0 Å². The van der Waals surface area contributed by atoms with Gasteiger partial charge in [-0.15, -0.1) is 0 Å². The summed E-state index contributed by atoms with van der Waals surface area (Å²) in [6.07, 6.45) is 0.856. The molecular weight excluding hydrogens is 180 g/mol. The van der Waals surface area contributed by atoms with Crippen molar-refractivity contribution in [1.29, 1.82) is 0 Å². The summed E-state index contributed by atoms with van der Waals surface area (Å²) in [7, 11) is 0. The van der Waals surface area contributed by atoms with E-state index in [9.17, 15) is 9.59 Å². The number of carbonyl (C=O) groups excluding carboxylic acids is 2. The lowest BCUT2D eigenvalue weighted by Crippen LogP contribution is -2.26. The fraction of sp³-hybridized carbons (Fsp3) is 0.818. The van der Waals surface area contributed by atoms with Gasteiger partial charge in [0.1, 0.15) is 11.9 Å². The van der Waals surface area contributed by atoms with Gasteiger partial charge in [0.05, 0.1) is 5.92 Å². The van der Waals surface area contributed by atoms with Crippen LogP contribution in [-0.4, -0.2) is 17.9 Å². The molecular formula is C11H18O3. The van der Waals surface area contributed by atoms with E-state index in [0.29, 0.717) is 0 Å². The monoisotopic (exact) mass is 198 g/mol. The molecule has 1 aliphatic carbocycles. The lowest BCUT2D eigenvalue weighted by atomic mass is 10.1. The molecule has 0 aromatic carbocycles. The van der Waals surface area contributed by atoms with Gasteiger partial charge in [-0.25, -0.2) is 0 Å². The Hall–Kier alpha value is -0.860. The van der Waals surface area contributed by atoms with Crippen LogP contribution in [0.2, 0.25) is 0 Å². The Morgan fingerprint density at radius 1 is 1.36 bits per heavy atom. The number of hydrogen-bond acceptors (Lipinski definition) is 3. The maximum Gasteiger partial charge on any atom is 0.310 e. The third-order valence-electron chi connectivity index (χ3n) is 2.72. The van der Waals surface area contributed by atoms with Crippen LogP contribution in [0.3, 0.4) is 0 Å². The molecule has 0 radical (unpaired) electrons. The topological polar surface area (TPSA) is 43.4 Å². The summed E-state index contributed by atoms with van der Waals surface area (Å²) in [6.45, 7) is 9.32. The van der Waals surface area contributed by atoms with Crippen molar-refractivity contribution in [3.8, 4) is 0 Å². The fourth-order valence-corrected chi connectivity index (χ4v) is 1.75. The van der Waals surface area contributed by atoms with Crippen LogP contribution in [0, 0.1) is 17.3 Å². The Balaban J connectivity index is 2.62. The summed E-state index contributed by atoms with van der Waals surface area (Å²) in [5, 5.41) is 0. The number of rotatable bonds is 2. The van der Waals surface area contributed by atoms with Crippen molar-refractivity contribution < 1.29 is 14.3 Å². The van der Waals surface area contributed by atoms with E-state index in [-0.39, 0.29) is 23.2 Å². The van der Waals surface area contributed by atoms with Crippen molar-refractivity contribution in [1.82, 2.24) is 0 Å². The molecule has 14 heavy (non-hydrogen) atoms. The molecule has 0 unspecified atom stereocenters. The second-order valence-corrected chi connectivity index (χ2v) is 5.49. The highest BCUT2D eigenvalue weighted by Gasteiger charge is 2.63. The molecule has 0 amide bonds. The SMILES string of the molecule is CC(C)(C)OC(=O)[C@@H]1[C@H](C=O)C1(C)C. The number of hydrogen-bond donors (Lipinski definition) is 0. The van der Waals surface area contributed by atoms with Crippen LogP contribution >= 0.6 is 0 Å². The summed E-state index contributed by atoms with van der Waals surface area (Å²) in [5.41, 5.74) is -0.687. The molecule has 3 nitrogen and oxygen atoms in total. The van der Waals surface area contributed by atoms with E-state index in [1.54, 1.807) is 0 Å². The van der Waals surface area contributed by atoms with Crippen LogP contribution in [-0.2, 0) is 14.3 Å². The smallest absolute Gasteiger partial charge is 0.310 e. The van der Waals surface area contributed by atoms with E-state index in [4.69, 9.17) is 4.74 Å². The van der Waals surface area contributed by atoms with E-state index in [0.717, 1.165) is 6.29 Å². The van der Waals surface area contributed by atoms with Crippen molar-refractivity contribution in [3.05, 3.63) is 0 Å². The Kier molecular flexibility index (Phi) is 2.46. The molecule has 2 atom stereocenters. The van der Waals surface area contributed by atoms with Crippen molar-refractivity contribution in [3.63, 3.8) is 0 Å². The summed E-state index contributed by atoms with van der Waals surface area (Å²) in [4.78, 5) is 22.3. The second kappa shape index (κ2) is 3.07. The predicted molar refractivity (Wildman–Crippen MR) is 52.7 cm³/mol. The molecule has 1 rings (SSSR count). The molecule has 0 aliphatic heterocycles. The average molecular weight is 198 g/mol. The number of carbonyl (C=O) groups is 2. The van der Waals surface area contributed by atoms with Gasteiger partial charge >= 0.3 is 5.97 Å². The predicted octanol–water partition coefficient (Wildman–Crippen LogP) is 1.80. The minimum absolute atomic E-state index is 0.169. The highest BCUT2D eigenvalue weighted by Crippen LogP contribution is 2.57. The van der Waals surface area contributed by atoms with Crippen molar-refractivity contribution >= 4 is 12.3 Å². The molecule has 1 fully saturated rings. The normalized spacial score (nSPS) is 29.5. The first kappa shape index (κ1) is 11.2. The van der Waals surface area contributed by atoms with Crippen molar-refractivity contribution in [2.45, 2.75) is 40.2 Å². The standard InChI is InChI=1S/C11H18O3/c1-10(2,3)14-9(13)8-7(6-12)11(8,4)5/h6-8H,1-5H3/t7-,8-/m0/s1. The minimum atomic E-state index is -0.469. The first-order valence-corrected chi connectivity index (χ1v) is 4.88. The Morgan fingerprint density at radius 2 is 1.86 bits per heavy atom. The van der Waals surface area contributed by atoms with Crippen LogP contribution < -0.4 is 0 Å². The van der Waals surface area contributed by atoms with E-state index in [1.807, 2.05) is 34.6 Å². The summed E-state index contributed by atoms with van der Waals surface area (Å²) in [5.74, 6) is -0.670. The first-order chi connectivity index (χ1) is 6.20. The quantitative estimate of drug-likeness (QED) is 0.502. The largest absolute Gasteiger partial charge is 0.460 e. The van der Waals surface area contributed by atoms with Crippen LogP contribution in [0.4, 0.5) is 0 Å². The van der Waals surface area contributed by atoms with Crippen LogP contribution in [0.25, 0.3) is 0 Å². The average Bonchev–Trinajstić information content (AvgIpc) is 2.48. The van der Waals surface area contributed by atoms with Gasteiger partial charge in [-0.05, 0) is 26.2 Å².